The van der Waals surface area contributed by atoms with Crippen molar-refractivity contribution in [2.24, 2.45) is 46.4 Å². The highest BCUT2D eigenvalue weighted by atomic mass is 16.6. The van der Waals surface area contributed by atoms with E-state index in [2.05, 4.69) is 9.47 Å². The van der Waals surface area contributed by atoms with Crippen LogP contribution >= 0.6 is 0 Å². The number of hydrogen-bond donors (Lipinski definition) is 7. The van der Waals surface area contributed by atoms with Crippen LogP contribution in [0.2, 0.25) is 0 Å². The Bertz CT molecular complexity index is 734. The Balaban J connectivity index is -0.000000499. The van der Waals surface area contributed by atoms with Crippen molar-refractivity contribution in [1.82, 2.24) is 0 Å². The van der Waals surface area contributed by atoms with Crippen molar-refractivity contribution in [1.29, 1.82) is 0 Å². The van der Waals surface area contributed by atoms with Crippen LogP contribution in [0.5, 0.6) is 0 Å². The molecule has 0 unspecified atom stereocenters. The molecule has 0 fully saturated rings. The molecule has 0 aliphatic carbocycles. The van der Waals surface area contributed by atoms with Crippen molar-refractivity contribution >= 4 is 29.8 Å². The molecule has 0 radical (unpaired) electrons. The predicted octanol–water partition coefficient (Wildman–Crippen LogP) is -0.464. The summed E-state index contributed by atoms with van der Waals surface area (Å²) >= 11 is 0. The van der Waals surface area contributed by atoms with Gasteiger partial charge in [0.05, 0.1) is 0 Å². The summed E-state index contributed by atoms with van der Waals surface area (Å²) in [5.41, 5.74) is 26.7. The third-order valence-corrected chi connectivity index (χ3v) is 5.39. The summed E-state index contributed by atoms with van der Waals surface area (Å²) in [5.74, 6) is -3.83. The van der Waals surface area contributed by atoms with E-state index in [4.69, 9.17) is 38.9 Å². The summed E-state index contributed by atoms with van der Waals surface area (Å²) in [7, 11) is 0. The van der Waals surface area contributed by atoms with Crippen molar-refractivity contribution in [2.75, 3.05) is 6.61 Å². The van der Waals surface area contributed by atoms with Gasteiger partial charge in [-0.1, -0.05) is 54.4 Å². The average Bonchev–Trinajstić information content (AvgIpc) is 2.84. The van der Waals surface area contributed by atoms with Crippen LogP contribution < -0.4 is 28.7 Å². The van der Waals surface area contributed by atoms with Crippen molar-refractivity contribution in [3.63, 3.8) is 0 Å². The zero-order chi connectivity index (χ0) is 30.7. The summed E-state index contributed by atoms with van der Waals surface area (Å²) < 4.78 is 9.13. The Morgan fingerprint density at radius 3 is 1.42 bits per heavy atom. The number of hydrogen-bond acceptors (Lipinski definition) is 12. The highest BCUT2D eigenvalue weighted by Crippen LogP contribution is 2.07. The Morgan fingerprint density at radius 2 is 1.11 bits per heavy atom. The van der Waals surface area contributed by atoms with E-state index in [1.54, 1.807) is 0 Å². The molecule has 0 rings (SSSR count). The molecule has 0 aliphatic rings. The highest BCUT2D eigenvalue weighted by Gasteiger charge is 2.23. The van der Waals surface area contributed by atoms with Crippen LogP contribution in [0.4, 0.5) is 0 Å². The fourth-order valence-electron chi connectivity index (χ4n) is 2.19. The predicted molar refractivity (Wildman–Crippen MR) is 141 cm³/mol. The first-order valence-corrected chi connectivity index (χ1v) is 12.5. The van der Waals surface area contributed by atoms with Crippen LogP contribution in [-0.4, -0.2) is 76.9 Å². The maximum atomic E-state index is 11.3. The molecule has 0 saturated heterocycles. The van der Waals surface area contributed by atoms with Gasteiger partial charge in [0, 0.05) is 0 Å². The van der Waals surface area contributed by atoms with E-state index in [9.17, 15) is 24.0 Å². The first-order chi connectivity index (χ1) is 17.3. The molecule has 38 heavy (non-hydrogen) atoms. The van der Waals surface area contributed by atoms with Crippen molar-refractivity contribution in [3.8, 4) is 0 Å². The molecule has 224 valence electrons. The Hall–Kier alpha value is -2.65. The van der Waals surface area contributed by atoms with Crippen LogP contribution in [0.3, 0.4) is 0 Å². The molecule has 0 saturated carbocycles. The van der Waals surface area contributed by atoms with Gasteiger partial charge in [-0.2, -0.15) is 0 Å². The summed E-state index contributed by atoms with van der Waals surface area (Å²) in [4.78, 5) is 53.9. The summed E-state index contributed by atoms with van der Waals surface area (Å²) in [6, 6.07) is -4.17. The van der Waals surface area contributed by atoms with Gasteiger partial charge in [-0.25, -0.2) is 9.59 Å². The van der Waals surface area contributed by atoms with Gasteiger partial charge in [-0.3, -0.25) is 14.4 Å². The van der Waals surface area contributed by atoms with Crippen LogP contribution in [0.1, 0.15) is 67.7 Å². The van der Waals surface area contributed by atoms with E-state index >= 15 is 0 Å². The SMILES string of the molecule is CC(C)C[C@H](N)C(=O)OC(=O)[C@H](C)N.CC[C@H](C)[C@H](N)C(=O)O.CC[C@H](C)[C@H](N)C(=O)OC[C@H](N)C(=O)O. The average molecular weight is 552 g/mol. The molecular weight excluding hydrogens is 502 g/mol. The molecule has 0 aliphatic heterocycles. The number of carbonyl (C=O) groups excluding carboxylic acids is 3. The highest BCUT2D eigenvalue weighted by molar-refractivity contribution is 5.90. The number of rotatable bonds is 13. The smallest absolute Gasteiger partial charge is 0.330 e. The topological polar surface area (TPSA) is 274 Å². The first-order valence-electron chi connectivity index (χ1n) is 12.5. The maximum absolute atomic E-state index is 11.3. The Morgan fingerprint density at radius 1 is 0.658 bits per heavy atom. The summed E-state index contributed by atoms with van der Waals surface area (Å²) in [6.07, 6.45) is 2.06. The standard InChI is InChI=1S/C9H18N2O4.C9H18N2O3.C6H13NO2/c1-3-5(2)7(11)9(14)15-4-6(10)8(12)13;1-5(2)4-7(11)9(13)14-8(12)6(3)10;1-3-4(2)5(7)6(8)9/h5-7H,3-4,10-11H2,1-2H3,(H,12,13);5-7H,4,10-11H2,1-3H3;4-5H,3,7H2,1-2H3,(H,8,9)/t5-,6-,7-;6-,7-;4-,5-/m000/s1. The number of carboxylic acids is 2. The van der Waals surface area contributed by atoms with Gasteiger partial charge in [0.2, 0.25) is 0 Å². The number of esters is 3. The second kappa shape index (κ2) is 21.3. The van der Waals surface area contributed by atoms with Crippen LogP contribution in [0, 0.1) is 17.8 Å². The molecule has 0 aromatic heterocycles. The van der Waals surface area contributed by atoms with E-state index < -0.39 is 60.1 Å². The van der Waals surface area contributed by atoms with E-state index in [0.29, 0.717) is 6.42 Å². The van der Waals surface area contributed by atoms with Gasteiger partial charge < -0.3 is 48.4 Å². The lowest BCUT2D eigenvalue weighted by atomic mass is 10.0. The summed E-state index contributed by atoms with van der Waals surface area (Å²) in [6.45, 7) is 12.4. The number of aliphatic carboxylic acids is 2. The molecule has 0 spiro atoms. The number of ether oxygens (including phenoxy) is 2. The van der Waals surface area contributed by atoms with Gasteiger partial charge >= 0.3 is 29.8 Å². The largest absolute Gasteiger partial charge is 0.480 e. The Kier molecular flexibility index (Phi) is 22.3. The molecule has 12 N–H and O–H groups in total. The van der Waals surface area contributed by atoms with Crippen LogP contribution in [-0.2, 0) is 33.4 Å². The zero-order valence-corrected chi connectivity index (χ0v) is 23.6. The molecule has 14 nitrogen and oxygen atoms in total. The number of carbonyl (C=O) groups is 5. The van der Waals surface area contributed by atoms with Gasteiger partial charge in [0.25, 0.3) is 0 Å². The molecule has 0 aromatic rings. The number of carboxylic acid groups (broad SMARTS) is 2. The third-order valence-electron chi connectivity index (χ3n) is 5.39. The second-order valence-electron chi connectivity index (χ2n) is 9.50. The van der Waals surface area contributed by atoms with Crippen molar-refractivity contribution < 1.29 is 43.7 Å². The summed E-state index contributed by atoms with van der Waals surface area (Å²) in [5, 5.41) is 16.8. The number of nitrogens with two attached hydrogens (primary N) is 5. The quantitative estimate of drug-likeness (QED) is 0.113. The fraction of sp³-hybridized carbons (Fsp3) is 0.792. The molecule has 0 heterocycles. The van der Waals surface area contributed by atoms with E-state index in [1.807, 2.05) is 41.5 Å². The molecule has 14 heteroatoms. The molecule has 0 amide bonds. The van der Waals surface area contributed by atoms with Gasteiger partial charge in [-0.15, -0.1) is 0 Å². The van der Waals surface area contributed by atoms with Gasteiger partial charge in [-0.05, 0) is 31.1 Å². The lowest BCUT2D eigenvalue weighted by Crippen LogP contribution is -2.42. The normalized spacial score (nSPS) is 16.0. The van der Waals surface area contributed by atoms with E-state index in [1.165, 1.54) is 6.92 Å². The third kappa shape index (κ3) is 19.5. The minimum absolute atomic E-state index is 0.00134. The molecule has 0 aromatic carbocycles. The monoisotopic (exact) mass is 551 g/mol. The Labute approximate surface area is 224 Å². The lowest BCUT2D eigenvalue weighted by molar-refractivity contribution is -0.161. The second-order valence-corrected chi connectivity index (χ2v) is 9.50. The maximum Gasteiger partial charge on any atom is 0.330 e. The minimum Gasteiger partial charge on any atom is -0.480 e. The molecule has 7 atom stereocenters. The first kappa shape index (κ1) is 39.9. The fourth-order valence-corrected chi connectivity index (χ4v) is 2.19. The van der Waals surface area contributed by atoms with E-state index in [-0.39, 0.29) is 24.4 Å². The van der Waals surface area contributed by atoms with E-state index in [0.717, 1.165) is 12.8 Å². The minimum atomic E-state index is -1.21. The van der Waals surface area contributed by atoms with Crippen LogP contribution in [0.25, 0.3) is 0 Å². The molecular formula is C24H49N5O9. The van der Waals surface area contributed by atoms with Crippen molar-refractivity contribution in [2.45, 2.75) is 97.9 Å². The van der Waals surface area contributed by atoms with Gasteiger partial charge in [0.15, 0.2) is 0 Å². The lowest BCUT2D eigenvalue weighted by Gasteiger charge is -2.17. The van der Waals surface area contributed by atoms with Crippen LogP contribution in [0.15, 0.2) is 0 Å². The van der Waals surface area contributed by atoms with Gasteiger partial charge in [0.1, 0.15) is 36.8 Å². The molecule has 0 bridgehead atoms. The van der Waals surface area contributed by atoms with Crippen molar-refractivity contribution in [3.05, 3.63) is 0 Å². The zero-order valence-electron chi connectivity index (χ0n) is 23.6.